The van der Waals surface area contributed by atoms with Crippen LogP contribution in [0.4, 0.5) is 8.78 Å². The SMILES string of the molecule is Cc1cc(-c2cc(F)c(Cl)c(F)c2)ccc1C(O)[C@H]1O[C@H](CO)[C@@H](O)[C@H](O)[C@@H]1O. The van der Waals surface area contributed by atoms with Crippen molar-refractivity contribution in [3.8, 4) is 11.1 Å². The number of benzene rings is 2. The molecule has 5 N–H and O–H groups in total. The van der Waals surface area contributed by atoms with Gasteiger partial charge in [0.1, 0.15) is 53.3 Å². The molecule has 3 rings (SSSR count). The molecule has 0 aromatic heterocycles. The van der Waals surface area contributed by atoms with Crippen molar-refractivity contribution >= 4 is 11.6 Å². The largest absolute Gasteiger partial charge is 0.394 e. The van der Waals surface area contributed by atoms with Crippen LogP contribution >= 0.6 is 11.6 Å². The lowest BCUT2D eigenvalue weighted by atomic mass is 9.88. The molecular formula is C20H21ClF2O6. The zero-order valence-corrected chi connectivity index (χ0v) is 16.1. The number of halogens is 3. The van der Waals surface area contributed by atoms with Crippen molar-refractivity contribution in [1.29, 1.82) is 0 Å². The summed E-state index contributed by atoms with van der Waals surface area (Å²) in [5.74, 6) is -1.80. The van der Waals surface area contributed by atoms with Gasteiger partial charge in [0.2, 0.25) is 0 Å². The van der Waals surface area contributed by atoms with Crippen LogP contribution in [0.25, 0.3) is 11.1 Å². The minimum Gasteiger partial charge on any atom is -0.394 e. The normalized spacial score (nSPS) is 28.4. The van der Waals surface area contributed by atoms with Crippen LogP contribution in [0.15, 0.2) is 30.3 Å². The van der Waals surface area contributed by atoms with E-state index in [1.165, 1.54) is 12.1 Å². The summed E-state index contributed by atoms with van der Waals surface area (Å²) in [7, 11) is 0. The summed E-state index contributed by atoms with van der Waals surface area (Å²) in [6.45, 7) is 1.04. The summed E-state index contributed by atoms with van der Waals surface area (Å²) < 4.78 is 32.9. The lowest BCUT2D eigenvalue weighted by Gasteiger charge is -2.42. The number of rotatable bonds is 4. The average molecular weight is 431 g/mol. The Balaban J connectivity index is 1.90. The van der Waals surface area contributed by atoms with Crippen LogP contribution in [-0.2, 0) is 4.74 Å². The smallest absolute Gasteiger partial charge is 0.145 e. The van der Waals surface area contributed by atoms with Gasteiger partial charge in [-0.25, -0.2) is 8.78 Å². The van der Waals surface area contributed by atoms with Crippen molar-refractivity contribution in [2.75, 3.05) is 6.61 Å². The molecule has 0 saturated carbocycles. The van der Waals surface area contributed by atoms with Gasteiger partial charge in [0.25, 0.3) is 0 Å². The molecule has 1 heterocycles. The fourth-order valence-corrected chi connectivity index (χ4v) is 3.59. The van der Waals surface area contributed by atoms with E-state index < -0.39 is 59.9 Å². The van der Waals surface area contributed by atoms with Crippen LogP contribution in [0.1, 0.15) is 17.2 Å². The molecule has 1 aliphatic rings. The highest BCUT2D eigenvalue weighted by Gasteiger charge is 2.46. The highest BCUT2D eigenvalue weighted by molar-refractivity contribution is 6.31. The van der Waals surface area contributed by atoms with E-state index in [-0.39, 0.29) is 5.56 Å². The average Bonchev–Trinajstić information content (AvgIpc) is 2.69. The Morgan fingerprint density at radius 1 is 1.00 bits per heavy atom. The third kappa shape index (κ3) is 4.15. The van der Waals surface area contributed by atoms with Crippen LogP contribution in [0.5, 0.6) is 0 Å². The molecule has 0 aliphatic carbocycles. The highest BCUT2D eigenvalue weighted by Crippen LogP contribution is 2.34. The predicted octanol–water partition coefficient (Wildman–Crippen LogP) is 1.47. The van der Waals surface area contributed by atoms with Crippen molar-refractivity contribution in [3.63, 3.8) is 0 Å². The molecule has 1 unspecified atom stereocenters. The van der Waals surface area contributed by atoms with Gasteiger partial charge in [0.15, 0.2) is 0 Å². The van der Waals surface area contributed by atoms with Gasteiger partial charge in [-0.15, -0.1) is 0 Å². The minimum absolute atomic E-state index is 0.251. The lowest BCUT2D eigenvalue weighted by Crippen LogP contribution is -2.59. The van der Waals surface area contributed by atoms with Crippen LogP contribution in [0.3, 0.4) is 0 Å². The van der Waals surface area contributed by atoms with E-state index in [1.807, 2.05) is 0 Å². The van der Waals surface area contributed by atoms with Gasteiger partial charge in [-0.05, 0) is 41.3 Å². The Kier molecular flexibility index (Phi) is 6.54. The molecule has 1 saturated heterocycles. The van der Waals surface area contributed by atoms with Gasteiger partial charge in [-0.1, -0.05) is 29.8 Å². The second kappa shape index (κ2) is 8.61. The first-order valence-electron chi connectivity index (χ1n) is 8.89. The number of aliphatic hydroxyl groups excluding tert-OH is 5. The molecule has 0 spiro atoms. The monoisotopic (exact) mass is 430 g/mol. The number of hydrogen-bond donors (Lipinski definition) is 5. The molecule has 9 heteroatoms. The topological polar surface area (TPSA) is 110 Å². The molecule has 2 aromatic carbocycles. The Morgan fingerprint density at radius 3 is 2.17 bits per heavy atom. The maximum absolute atomic E-state index is 13.7. The number of aliphatic hydroxyl groups is 5. The van der Waals surface area contributed by atoms with Crippen molar-refractivity contribution < 1.29 is 39.1 Å². The summed E-state index contributed by atoms with van der Waals surface area (Å²) >= 11 is 5.50. The quantitative estimate of drug-likeness (QED) is 0.470. The Morgan fingerprint density at radius 2 is 1.62 bits per heavy atom. The van der Waals surface area contributed by atoms with Crippen LogP contribution in [0.2, 0.25) is 5.02 Å². The highest BCUT2D eigenvalue weighted by atomic mass is 35.5. The van der Waals surface area contributed by atoms with E-state index in [4.69, 9.17) is 16.3 Å². The van der Waals surface area contributed by atoms with Crippen molar-refractivity contribution in [3.05, 3.63) is 58.1 Å². The van der Waals surface area contributed by atoms with E-state index >= 15 is 0 Å². The Hall–Kier alpha value is -1.65. The van der Waals surface area contributed by atoms with Gasteiger partial charge in [0, 0.05) is 0 Å². The summed E-state index contributed by atoms with van der Waals surface area (Å²) in [6.07, 6.45) is -8.58. The zero-order chi connectivity index (χ0) is 21.5. The number of hydrogen-bond acceptors (Lipinski definition) is 6. The maximum atomic E-state index is 13.7. The van der Waals surface area contributed by atoms with Crippen LogP contribution < -0.4 is 0 Å². The third-order valence-electron chi connectivity index (χ3n) is 5.15. The van der Waals surface area contributed by atoms with Gasteiger partial charge < -0.3 is 30.3 Å². The molecule has 0 radical (unpaired) electrons. The van der Waals surface area contributed by atoms with Crippen molar-refractivity contribution in [2.24, 2.45) is 0 Å². The van der Waals surface area contributed by atoms with Crippen molar-refractivity contribution in [2.45, 2.75) is 43.5 Å². The molecule has 29 heavy (non-hydrogen) atoms. The Labute approximate surface area is 170 Å². The molecule has 158 valence electrons. The number of ether oxygens (including phenoxy) is 1. The van der Waals surface area contributed by atoms with Crippen LogP contribution in [-0.4, -0.2) is 62.7 Å². The summed E-state index contributed by atoms with van der Waals surface area (Å²) in [5.41, 5.74) is 1.60. The van der Waals surface area contributed by atoms with E-state index in [0.29, 0.717) is 16.7 Å². The molecule has 0 amide bonds. The number of aryl methyl sites for hydroxylation is 1. The third-order valence-corrected chi connectivity index (χ3v) is 5.51. The first kappa shape index (κ1) is 22.0. The molecule has 1 aliphatic heterocycles. The van der Waals surface area contributed by atoms with Gasteiger partial charge in [-0.3, -0.25) is 0 Å². The fraction of sp³-hybridized carbons (Fsp3) is 0.400. The second-order valence-corrected chi connectivity index (χ2v) is 7.44. The maximum Gasteiger partial charge on any atom is 0.145 e. The summed E-state index contributed by atoms with van der Waals surface area (Å²) in [5, 5.41) is 49.4. The first-order chi connectivity index (χ1) is 13.6. The molecule has 2 aromatic rings. The molecule has 1 fully saturated rings. The lowest BCUT2D eigenvalue weighted by molar-refractivity contribution is -0.250. The molecule has 0 bridgehead atoms. The summed E-state index contributed by atoms with van der Waals surface area (Å²) in [4.78, 5) is 0. The van der Waals surface area contributed by atoms with E-state index in [2.05, 4.69) is 0 Å². The fourth-order valence-electron chi connectivity index (χ4n) is 3.48. The molecular weight excluding hydrogens is 410 g/mol. The Bertz CT molecular complexity index is 870. The van der Waals surface area contributed by atoms with Gasteiger partial charge in [-0.2, -0.15) is 0 Å². The summed E-state index contributed by atoms with van der Waals surface area (Å²) in [6, 6.07) is 6.80. The van der Waals surface area contributed by atoms with E-state index in [9.17, 15) is 34.3 Å². The van der Waals surface area contributed by atoms with Crippen molar-refractivity contribution in [1.82, 2.24) is 0 Å². The second-order valence-electron chi connectivity index (χ2n) is 7.06. The standard InChI is InChI=1S/C20H21ClF2O6/c1-8-4-9(10-5-12(22)15(21)13(23)6-10)2-3-11(8)16(25)20-19(28)18(27)17(26)14(7-24)29-20/h2-6,14,16-20,24-28H,7H2,1H3/t14-,16?,17-,18+,19+,20-/m1/s1. The van der Waals surface area contributed by atoms with E-state index in [1.54, 1.807) is 13.0 Å². The van der Waals surface area contributed by atoms with E-state index in [0.717, 1.165) is 12.1 Å². The zero-order valence-electron chi connectivity index (χ0n) is 15.3. The molecule has 6 atom stereocenters. The van der Waals surface area contributed by atoms with Gasteiger partial charge in [0.05, 0.1) is 6.61 Å². The minimum atomic E-state index is -1.61. The van der Waals surface area contributed by atoms with Gasteiger partial charge >= 0.3 is 0 Å². The van der Waals surface area contributed by atoms with Crippen LogP contribution in [0, 0.1) is 18.6 Å². The molecule has 6 nitrogen and oxygen atoms in total. The first-order valence-corrected chi connectivity index (χ1v) is 9.27. The predicted molar refractivity (Wildman–Crippen MR) is 100 cm³/mol.